The van der Waals surface area contributed by atoms with Crippen LogP contribution in [-0.4, -0.2) is 13.0 Å². The summed E-state index contributed by atoms with van der Waals surface area (Å²) in [5.74, 6) is -0.192. The predicted octanol–water partition coefficient (Wildman–Crippen LogP) is 1.69. The quantitative estimate of drug-likeness (QED) is 0.769. The lowest BCUT2D eigenvalue weighted by atomic mass is 10.1. The lowest BCUT2D eigenvalue weighted by Gasteiger charge is -2.10. The number of carbonyl (C=O) groups is 1. The van der Waals surface area contributed by atoms with Crippen LogP contribution >= 0.6 is 11.9 Å². The maximum absolute atomic E-state index is 11.5. The van der Waals surface area contributed by atoms with Gasteiger partial charge in [-0.05, 0) is 6.07 Å². The fourth-order valence-corrected chi connectivity index (χ4v) is 1.27. The molecule has 0 heterocycles. The molecule has 1 aromatic carbocycles. The van der Waals surface area contributed by atoms with E-state index >= 15 is 0 Å². The molecule has 0 unspecified atom stereocenters. The zero-order valence-electron chi connectivity index (χ0n) is 8.21. The van der Waals surface area contributed by atoms with Crippen molar-refractivity contribution in [3.63, 3.8) is 0 Å². The van der Waals surface area contributed by atoms with Crippen LogP contribution in [0.1, 0.15) is 15.9 Å². The van der Waals surface area contributed by atoms with Crippen molar-refractivity contribution in [3.05, 3.63) is 42.0 Å². The molecule has 1 amide bonds. The lowest BCUT2D eigenvalue weighted by molar-refractivity contribution is 0.0962. The number of hydroxylamine groups is 1. The van der Waals surface area contributed by atoms with Crippen molar-refractivity contribution in [1.29, 1.82) is 0 Å². The van der Waals surface area contributed by atoms with Gasteiger partial charge in [0.15, 0.2) is 0 Å². The van der Waals surface area contributed by atoms with Crippen molar-refractivity contribution in [2.24, 2.45) is 0 Å². The number of carbonyl (C=O) groups excluding carboxylic acids is 1. The second-order valence-electron chi connectivity index (χ2n) is 2.78. The number of hydrogen-bond acceptors (Lipinski definition) is 3. The van der Waals surface area contributed by atoms with E-state index in [-0.39, 0.29) is 5.91 Å². The van der Waals surface area contributed by atoms with Crippen molar-refractivity contribution in [1.82, 2.24) is 10.8 Å². The average molecular weight is 227 g/mol. The summed E-state index contributed by atoms with van der Waals surface area (Å²) in [5, 5.41) is 2.54. The van der Waals surface area contributed by atoms with Gasteiger partial charge < -0.3 is 5.32 Å². The largest absolute Gasteiger partial charge is 0.355 e. The van der Waals surface area contributed by atoms with Crippen molar-refractivity contribution in [2.75, 3.05) is 7.05 Å². The summed E-state index contributed by atoms with van der Waals surface area (Å²) in [6, 6.07) is 7.00. The van der Waals surface area contributed by atoms with Gasteiger partial charge in [0.25, 0.3) is 5.91 Å². The second kappa shape index (κ2) is 5.38. The molecule has 0 saturated carbocycles. The fraction of sp³-hybridized carbons (Fsp3) is 0.100. The van der Waals surface area contributed by atoms with Gasteiger partial charge in [-0.1, -0.05) is 24.8 Å². The van der Waals surface area contributed by atoms with E-state index in [0.29, 0.717) is 16.8 Å². The maximum atomic E-state index is 11.5. The Morgan fingerprint density at radius 1 is 1.40 bits per heavy atom. The van der Waals surface area contributed by atoms with E-state index in [9.17, 15) is 4.79 Å². The molecule has 0 aliphatic rings. The number of rotatable bonds is 4. The summed E-state index contributed by atoms with van der Waals surface area (Å²) in [4.78, 5) is 11.5. The van der Waals surface area contributed by atoms with Gasteiger partial charge in [0.05, 0.1) is 17.6 Å². The highest BCUT2D eigenvalue weighted by atomic mass is 35.5. The average Bonchev–Trinajstić information content (AvgIpc) is 2.28. The minimum atomic E-state index is -0.192. The van der Waals surface area contributed by atoms with Gasteiger partial charge in [-0.2, -0.15) is 4.39 Å². The summed E-state index contributed by atoms with van der Waals surface area (Å²) < 4.78 is 4.22. The molecule has 0 aliphatic heterocycles. The number of amides is 1. The highest BCUT2D eigenvalue weighted by Gasteiger charge is 2.11. The number of hydrogen-bond donors (Lipinski definition) is 2. The minimum Gasteiger partial charge on any atom is -0.355 e. The Morgan fingerprint density at radius 3 is 2.53 bits per heavy atom. The van der Waals surface area contributed by atoms with Crippen molar-refractivity contribution in [3.8, 4) is 0 Å². The highest BCUT2D eigenvalue weighted by Crippen LogP contribution is 2.15. The summed E-state index contributed by atoms with van der Waals surface area (Å²) >= 11 is 5.04. The molecule has 1 aromatic rings. The molecule has 2 N–H and O–H groups in total. The monoisotopic (exact) mass is 226 g/mol. The van der Waals surface area contributed by atoms with E-state index in [1.54, 1.807) is 31.3 Å². The first-order valence-corrected chi connectivity index (χ1v) is 4.55. The van der Waals surface area contributed by atoms with E-state index < -0.39 is 0 Å². The number of nitrogens with one attached hydrogen (secondary N) is 2. The fourth-order valence-electron chi connectivity index (χ4n) is 1.18. The van der Waals surface area contributed by atoms with Gasteiger partial charge in [0.1, 0.15) is 0 Å². The molecule has 5 heteroatoms. The third kappa shape index (κ3) is 2.71. The molecule has 0 radical (unpaired) electrons. The first-order valence-electron chi connectivity index (χ1n) is 4.24. The Hall–Kier alpha value is -1.52. The zero-order chi connectivity index (χ0) is 11.3. The van der Waals surface area contributed by atoms with Crippen LogP contribution in [0.25, 0.3) is 5.70 Å². The first kappa shape index (κ1) is 11.6. The Bertz CT molecular complexity index is 379. The molecule has 0 saturated heterocycles. The molecule has 15 heavy (non-hydrogen) atoms. The van der Waals surface area contributed by atoms with Gasteiger partial charge in [0.2, 0.25) is 0 Å². The normalized spacial score (nSPS) is 9.47. The Labute approximate surface area is 93.0 Å². The molecule has 0 fully saturated rings. The van der Waals surface area contributed by atoms with Crippen LogP contribution in [0.4, 0.5) is 0 Å². The summed E-state index contributed by atoms with van der Waals surface area (Å²) in [7, 11) is 1.56. The summed E-state index contributed by atoms with van der Waals surface area (Å²) in [6.07, 6.45) is 0. The van der Waals surface area contributed by atoms with Gasteiger partial charge in [-0.15, -0.1) is 0 Å². The Balaban J connectivity index is 3.06. The standard InChI is InChI=1S/C10H11ClN2O2/c1-7(13-15-11)8-5-3-4-6-9(8)10(14)12-2/h3-6,13H,1H2,2H3,(H,12,14). The van der Waals surface area contributed by atoms with Crippen LogP contribution < -0.4 is 10.8 Å². The van der Waals surface area contributed by atoms with E-state index in [1.807, 2.05) is 0 Å². The van der Waals surface area contributed by atoms with Crippen LogP contribution in [0, 0.1) is 0 Å². The SMILES string of the molecule is C=C(NOCl)c1ccccc1C(=O)NC. The van der Waals surface area contributed by atoms with Crippen LogP contribution in [0.15, 0.2) is 30.8 Å². The van der Waals surface area contributed by atoms with Crippen LogP contribution in [0.5, 0.6) is 0 Å². The van der Waals surface area contributed by atoms with Gasteiger partial charge in [-0.3, -0.25) is 4.79 Å². The summed E-state index contributed by atoms with van der Waals surface area (Å²) in [6.45, 7) is 3.69. The zero-order valence-corrected chi connectivity index (χ0v) is 8.97. The molecular formula is C10H11ClN2O2. The molecule has 0 bridgehead atoms. The highest BCUT2D eigenvalue weighted by molar-refractivity contribution is 6.07. The molecular weight excluding hydrogens is 216 g/mol. The van der Waals surface area contributed by atoms with Crippen LogP contribution in [0.2, 0.25) is 0 Å². The molecule has 0 aliphatic carbocycles. The Morgan fingerprint density at radius 2 is 2.00 bits per heavy atom. The number of benzene rings is 1. The smallest absolute Gasteiger partial charge is 0.251 e. The van der Waals surface area contributed by atoms with Gasteiger partial charge in [-0.25, -0.2) is 5.48 Å². The number of halogens is 1. The topological polar surface area (TPSA) is 50.4 Å². The summed E-state index contributed by atoms with van der Waals surface area (Å²) in [5.41, 5.74) is 3.94. The molecule has 1 rings (SSSR count). The maximum Gasteiger partial charge on any atom is 0.251 e. The van der Waals surface area contributed by atoms with Crippen LogP contribution in [-0.2, 0) is 4.39 Å². The third-order valence-electron chi connectivity index (χ3n) is 1.89. The third-order valence-corrected chi connectivity index (χ3v) is 1.96. The van der Waals surface area contributed by atoms with E-state index in [0.717, 1.165) is 0 Å². The molecule has 0 aromatic heterocycles. The lowest BCUT2D eigenvalue weighted by Crippen LogP contribution is -2.20. The second-order valence-corrected chi connectivity index (χ2v) is 2.94. The van der Waals surface area contributed by atoms with E-state index in [4.69, 9.17) is 11.9 Å². The molecule has 0 atom stereocenters. The van der Waals surface area contributed by atoms with Crippen molar-refractivity contribution >= 4 is 23.5 Å². The molecule has 0 spiro atoms. The molecule has 4 nitrogen and oxygen atoms in total. The van der Waals surface area contributed by atoms with Gasteiger partial charge in [0, 0.05) is 18.2 Å². The van der Waals surface area contributed by atoms with Crippen LogP contribution in [0.3, 0.4) is 0 Å². The predicted molar refractivity (Wildman–Crippen MR) is 58.9 cm³/mol. The minimum absolute atomic E-state index is 0.192. The van der Waals surface area contributed by atoms with Gasteiger partial charge >= 0.3 is 0 Å². The van der Waals surface area contributed by atoms with Crippen molar-refractivity contribution in [2.45, 2.75) is 0 Å². The first-order chi connectivity index (χ1) is 7.20. The van der Waals surface area contributed by atoms with E-state index in [2.05, 4.69) is 21.8 Å². The molecule has 80 valence electrons. The Kier molecular flexibility index (Phi) is 4.15. The van der Waals surface area contributed by atoms with Crippen molar-refractivity contribution < 1.29 is 9.18 Å². The van der Waals surface area contributed by atoms with E-state index in [1.165, 1.54) is 0 Å².